The number of hydrogen-bond acceptors (Lipinski definition) is 4. The van der Waals surface area contributed by atoms with E-state index in [2.05, 4.69) is 30.8 Å². The van der Waals surface area contributed by atoms with Crippen LogP contribution in [0.1, 0.15) is 33.8 Å². The van der Waals surface area contributed by atoms with Crippen LogP contribution in [0.2, 0.25) is 0 Å². The van der Waals surface area contributed by atoms with Gasteiger partial charge in [0, 0.05) is 47.5 Å². The Morgan fingerprint density at radius 2 is 1.81 bits per heavy atom. The summed E-state index contributed by atoms with van der Waals surface area (Å²) >= 11 is 3.39. The van der Waals surface area contributed by atoms with Crippen LogP contribution in [0, 0.1) is 5.92 Å². The van der Waals surface area contributed by atoms with Gasteiger partial charge in [-0.3, -0.25) is 14.5 Å². The van der Waals surface area contributed by atoms with E-state index >= 15 is 0 Å². The van der Waals surface area contributed by atoms with Gasteiger partial charge in [0.05, 0.1) is 0 Å². The Labute approximate surface area is 160 Å². The van der Waals surface area contributed by atoms with Crippen LogP contribution in [0.15, 0.2) is 41.1 Å². The smallest absolute Gasteiger partial charge is 0.253 e. The van der Waals surface area contributed by atoms with E-state index < -0.39 is 0 Å². The Bertz CT molecular complexity index is 776. The highest BCUT2D eigenvalue weighted by Gasteiger charge is 2.37. The van der Waals surface area contributed by atoms with Crippen LogP contribution in [0.3, 0.4) is 0 Å². The number of rotatable bonds is 4. The molecule has 0 bridgehead atoms. The second-order valence-electron chi connectivity index (χ2n) is 6.98. The molecule has 2 fully saturated rings. The van der Waals surface area contributed by atoms with Gasteiger partial charge in [-0.2, -0.15) is 0 Å². The Morgan fingerprint density at radius 3 is 2.42 bits per heavy atom. The zero-order valence-corrected chi connectivity index (χ0v) is 16.0. The molecule has 0 radical (unpaired) electrons. The van der Waals surface area contributed by atoms with Crippen LogP contribution in [0.5, 0.6) is 0 Å². The Hall–Kier alpha value is -1.99. The zero-order valence-electron chi connectivity index (χ0n) is 14.4. The van der Waals surface area contributed by atoms with Crippen molar-refractivity contribution in [1.82, 2.24) is 19.8 Å². The molecule has 1 aromatic heterocycles. The average molecular weight is 417 g/mol. The standard InChI is InChI=1S/C19H21BrN4O2/c20-15-3-1-14(2-4-15)19(26)24-11-16(12-24)23-9-5-13(6-10-23)17(25)18-21-7-8-22-18/h1-4,7-8,13,16H,5-6,9-12H2,(H,21,22). The summed E-state index contributed by atoms with van der Waals surface area (Å²) in [6.07, 6.45) is 5.02. The first-order valence-electron chi connectivity index (χ1n) is 8.94. The third-order valence-corrected chi connectivity index (χ3v) is 5.92. The highest BCUT2D eigenvalue weighted by molar-refractivity contribution is 9.10. The van der Waals surface area contributed by atoms with Crippen LogP contribution in [0.4, 0.5) is 0 Å². The van der Waals surface area contributed by atoms with Gasteiger partial charge in [-0.25, -0.2) is 4.98 Å². The number of ketones is 1. The van der Waals surface area contributed by atoms with Crippen LogP contribution in [0.25, 0.3) is 0 Å². The van der Waals surface area contributed by atoms with Crippen molar-refractivity contribution in [2.24, 2.45) is 5.92 Å². The van der Waals surface area contributed by atoms with Crippen molar-refractivity contribution in [2.75, 3.05) is 26.2 Å². The minimum Gasteiger partial charge on any atom is -0.342 e. The molecule has 1 amide bonds. The summed E-state index contributed by atoms with van der Waals surface area (Å²) in [5.74, 6) is 0.739. The second-order valence-corrected chi connectivity index (χ2v) is 7.90. The maximum absolute atomic E-state index is 12.5. The molecule has 26 heavy (non-hydrogen) atoms. The number of nitrogens with one attached hydrogen (secondary N) is 1. The zero-order chi connectivity index (χ0) is 18.1. The molecule has 3 heterocycles. The molecule has 1 N–H and O–H groups in total. The summed E-state index contributed by atoms with van der Waals surface area (Å²) in [7, 11) is 0. The van der Waals surface area contributed by atoms with Gasteiger partial charge in [-0.05, 0) is 50.2 Å². The molecule has 6 nitrogen and oxygen atoms in total. The topological polar surface area (TPSA) is 69.3 Å². The molecule has 0 aliphatic carbocycles. The van der Waals surface area contributed by atoms with Crippen LogP contribution < -0.4 is 0 Å². The lowest BCUT2D eigenvalue weighted by atomic mass is 9.90. The van der Waals surface area contributed by atoms with Crippen LogP contribution in [-0.4, -0.2) is 63.7 Å². The van der Waals surface area contributed by atoms with Gasteiger partial charge in [0.15, 0.2) is 5.82 Å². The molecule has 2 aliphatic rings. The number of nitrogens with zero attached hydrogens (tertiary/aromatic N) is 3. The lowest BCUT2D eigenvalue weighted by molar-refractivity contribution is 0.0149. The SMILES string of the molecule is O=C(c1ncc[nH]1)C1CCN(C2CN(C(=O)c3ccc(Br)cc3)C2)CC1. The van der Waals surface area contributed by atoms with Crippen molar-refractivity contribution in [3.63, 3.8) is 0 Å². The molecule has 0 atom stereocenters. The van der Waals surface area contributed by atoms with Crippen LogP contribution >= 0.6 is 15.9 Å². The number of piperidine rings is 1. The number of aromatic nitrogens is 2. The van der Waals surface area contributed by atoms with Gasteiger partial charge in [0.1, 0.15) is 0 Å². The average Bonchev–Trinajstić information content (AvgIpc) is 3.15. The quantitative estimate of drug-likeness (QED) is 0.777. The summed E-state index contributed by atoms with van der Waals surface area (Å²) < 4.78 is 0.975. The van der Waals surface area contributed by atoms with E-state index in [-0.39, 0.29) is 17.6 Å². The molecule has 2 aromatic rings. The number of amides is 1. The summed E-state index contributed by atoms with van der Waals surface area (Å²) in [5, 5.41) is 0. The van der Waals surface area contributed by atoms with Crippen LogP contribution in [-0.2, 0) is 0 Å². The molecule has 0 unspecified atom stereocenters. The number of likely N-dealkylation sites (tertiary alicyclic amines) is 2. The van der Waals surface area contributed by atoms with E-state index in [1.807, 2.05) is 29.2 Å². The maximum atomic E-state index is 12.5. The lowest BCUT2D eigenvalue weighted by Crippen LogP contribution is -2.62. The fourth-order valence-electron chi connectivity index (χ4n) is 3.75. The summed E-state index contributed by atoms with van der Waals surface area (Å²) in [4.78, 5) is 36.1. The van der Waals surface area contributed by atoms with Crippen molar-refractivity contribution >= 4 is 27.6 Å². The van der Waals surface area contributed by atoms with Gasteiger partial charge >= 0.3 is 0 Å². The van der Waals surface area contributed by atoms with Gasteiger partial charge < -0.3 is 9.88 Å². The number of benzene rings is 1. The minimum atomic E-state index is 0.0537. The number of carbonyl (C=O) groups is 2. The van der Waals surface area contributed by atoms with Gasteiger partial charge in [-0.1, -0.05) is 15.9 Å². The van der Waals surface area contributed by atoms with E-state index in [0.717, 1.165) is 49.1 Å². The predicted octanol–water partition coefficient (Wildman–Crippen LogP) is 2.59. The molecule has 4 rings (SSSR count). The lowest BCUT2D eigenvalue weighted by Gasteiger charge is -2.47. The van der Waals surface area contributed by atoms with Crippen molar-refractivity contribution in [3.05, 3.63) is 52.5 Å². The van der Waals surface area contributed by atoms with E-state index in [0.29, 0.717) is 11.9 Å². The second kappa shape index (κ2) is 7.32. The fraction of sp³-hybridized carbons (Fsp3) is 0.421. The molecule has 2 aliphatic heterocycles. The molecule has 136 valence electrons. The predicted molar refractivity (Wildman–Crippen MR) is 101 cm³/mol. The first kappa shape index (κ1) is 17.4. The van der Waals surface area contributed by atoms with E-state index in [4.69, 9.17) is 0 Å². The van der Waals surface area contributed by atoms with E-state index in [1.54, 1.807) is 12.4 Å². The van der Waals surface area contributed by atoms with Crippen molar-refractivity contribution in [2.45, 2.75) is 18.9 Å². The molecule has 0 spiro atoms. The number of carbonyl (C=O) groups excluding carboxylic acids is 2. The number of hydrogen-bond donors (Lipinski definition) is 1. The van der Waals surface area contributed by atoms with E-state index in [9.17, 15) is 9.59 Å². The Balaban J connectivity index is 1.26. The molecule has 1 aromatic carbocycles. The first-order valence-corrected chi connectivity index (χ1v) is 9.73. The highest BCUT2D eigenvalue weighted by Crippen LogP contribution is 2.26. The first-order chi connectivity index (χ1) is 12.6. The monoisotopic (exact) mass is 416 g/mol. The van der Waals surface area contributed by atoms with E-state index in [1.165, 1.54) is 0 Å². The summed E-state index contributed by atoms with van der Waals surface area (Å²) in [6, 6.07) is 7.90. The number of H-pyrrole nitrogens is 1. The molecule has 2 saturated heterocycles. The number of halogens is 1. The molecule has 7 heteroatoms. The number of imidazole rings is 1. The molecular formula is C19H21BrN4O2. The number of aromatic amines is 1. The highest BCUT2D eigenvalue weighted by atomic mass is 79.9. The van der Waals surface area contributed by atoms with Gasteiger partial charge in [0.2, 0.25) is 5.78 Å². The van der Waals surface area contributed by atoms with Gasteiger partial charge in [-0.15, -0.1) is 0 Å². The van der Waals surface area contributed by atoms with Crippen molar-refractivity contribution < 1.29 is 9.59 Å². The van der Waals surface area contributed by atoms with Gasteiger partial charge in [0.25, 0.3) is 5.91 Å². The summed E-state index contributed by atoms with van der Waals surface area (Å²) in [5.41, 5.74) is 0.731. The van der Waals surface area contributed by atoms with Crippen molar-refractivity contribution in [3.8, 4) is 0 Å². The largest absolute Gasteiger partial charge is 0.342 e. The number of Topliss-reactive ketones (excluding diaryl/α,β-unsaturated/α-hetero) is 1. The minimum absolute atomic E-state index is 0.0537. The molecule has 0 saturated carbocycles. The maximum Gasteiger partial charge on any atom is 0.253 e. The Kier molecular flexibility index (Phi) is 4.91. The normalized spacial score (nSPS) is 19.3. The third kappa shape index (κ3) is 3.46. The third-order valence-electron chi connectivity index (χ3n) is 5.39. The Morgan fingerprint density at radius 1 is 1.12 bits per heavy atom. The molecular weight excluding hydrogens is 396 g/mol. The summed E-state index contributed by atoms with van der Waals surface area (Å²) in [6.45, 7) is 3.35. The van der Waals surface area contributed by atoms with Crippen molar-refractivity contribution in [1.29, 1.82) is 0 Å². The fourth-order valence-corrected chi connectivity index (χ4v) is 4.01.